The van der Waals surface area contributed by atoms with E-state index < -0.39 is 0 Å². The fourth-order valence-electron chi connectivity index (χ4n) is 6.55. The Kier molecular flexibility index (Phi) is 6.44. The number of carbonyl (C=O) groups excluding carboxylic acids is 1. The maximum Gasteiger partial charge on any atom is 0.272 e. The SMILES string of the molecule is CN1CCN([C@H]2CC[C@H](Nc3ncc4c(-c5ccc6ncc(C(=O)N7CCCC7)n6c5)ccn4n3)CC2)CC1. The lowest BCUT2D eigenvalue weighted by atomic mass is 9.90. The minimum Gasteiger partial charge on any atom is -0.350 e. The normalized spacial score (nSPS) is 23.2. The molecule has 39 heavy (non-hydrogen) atoms. The molecule has 10 nitrogen and oxygen atoms in total. The van der Waals surface area contributed by atoms with E-state index in [-0.39, 0.29) is 5.91 Å². The zero-order chi connectivity index (χ0) is 26.3. The molecule has 6 heterocycles. The highest BCUT2D eigenvalue weighted by Crippen LogP contribution is 2.28. The molecule has 3 fully saturated rings. The van der Waals surface area contributed by atoms with Gasteiger partial charge < -0.3 is 15.1 Å². The van der Waals surface area contributed by atoms with Crippen LogP contribution in [0.1, 0.15) is 49.0 Å². The Morgan fingerprint density at radius 1 is 0.923 bits per heavy atom. The third kappa shape index (κ3) is 4.76. The van der Waals surface area contributed by atoms with Gasteiger partial charge in [0.2, 0.25) is 5.95 Å². The van der Waals surface area contributed by atoms with Crippen LogP contribution in [0, 0.1) is 0 Å². The molecule has 0 radical (unpaired) electrons. The van der Waals surface area contributed by atoms with E-state index in [9.17, 15) is 4.79 Å². The molecule has 0 unspecified atom stereocenters. The molecule has 2 aliphatic heterocycles. The number of likely N-dealkylation sites (N-methyl/N-ethyl adjacent to an activating group) is 1. The van der Waals surface area contributed by atoms with Gasteiger partial charge in [0.1, 0.15) is 11.3 Å². The number of carbonyl (C=O) groups is 1. The quantitative estimate of drug-likeness (QED) is 0.426. The van der Waals surface area contributed by atoms with Gasteiger partial charge in [-0.15, -0.1) is 5.10 Å². The summed E-state index contributed by atoms with van der Waals surface area (Å²) >= 11 is 0. The lowest BCUT2D eigenvalue weighted by molar-refractivity contribution is 0.0786. The lowest BCUT2D eigenvalue weighted by Gasteiger charge is -2.41. The second-order valence-electron chi connectivity index (χ2n) is 11.4. The number of anilines is 1. The van der Waals surface area contributed by atoms with Crippen LogP contribution in [0.15, 0.2) is 43.0 Å². The van der Waals surface area contributed by atoms with E-state index >= 15 is 0 Å². The number of nitrogens with zero attached hydrogens (tertiary/aromatic N) is 8. The van der Waals surface area contributed by atoms with E-state index in [1.807, 2.05) is 44.5 Å². The summed E-state index contributed by atoms with van der Waals surface area (Å²) in [4.78, 5) is 29.3. The van der Waals surface area contributed by atoms with Crippen molar-refractivity contribution in [2.75, 3.05) is 51.6 Å². The number of likely N-dealkylation sites (tertiary alicyclic amines) is 1. The minimum atomic E-state index is 0.0514. The van der Waals surface area contributed by atoms with Crippen LogP contribution in [0.5, 0.6) is 0 Å². The van der Waals surface area contributed by atoms with Gasteiger partial charge in [-0.05, 0) is 63.8 Å². The first-order valence-corrected chi connectivity index (χ1v) is 14.4. The van der Waals surface area contributed by atoms with Crippen molar-refractivity contribution < 1.29 is 4.79 Å². The van der Waals surface area contributed by atoms with Crippen LogP contribution in [0.25, 0.3) is 22.3 Å². The summed E-state index contributed by atoms with van der Waals surface area (Å²) in [5, 5.41) is 8.38. The van der Waals surface area contributed by atoms with Crippen LogP contribution in [0.2, 0.25) is 0 Å². The highest BCUT2D eigenvalue weighted by molar-refractivity contribution is 5.93. The van der Waals surface area contributed by atoms with Crippen LogP contribution < -0.4 is 5.32 Å². The van der Waals surface area contributed by atoms with Crippen molar-refractivity contribution in [2.45, 2.75) is 50.6 Å². The number of amides is 1. The van der Waals surface area contributed by atoms with Crippen molar-refractivity contribution in [3.8, 4) is 11.1 Å². The number of hydrogen-bond donors (Lipinski definition) is 1. The van der Waals surface area contributed by atoms with Crippen molar-refractivity contribution in [1.29, 1.82) is 0 Å². The molecule has 0 aromatic carbocycles. The van der Waals surface area contributed by atoms with E-state index in [0.717, 1.165) is 61.1 Å². The lowest BCUT2D eigenvalue weighted by Crippen LogP contribution is -2.50. The van der Waals surface area contributed by atoms with Gasteiger partial charge in [-0.3, -0.25) is 14.1 Å². The topological polar surface area (TPSA) is 86.3 Å². The first-order valence-electron chi connectivity index (χ1n) is 14.4. The fourth-order valence-corrected chi connectivity index (χ4v) is 6.55. The zero-order valence-corrected chi connectivity index (χ0v) is 22.7. The Morgan fingerprint density at radius 3 is 2.51 bits per heavy atom. The summed E-state index contributed by atoms with van der Waals surface area (Å²) in [5.74, 6) is 0.728. The van der Waals surface area contributed by atoms with Crippen molar-refractivity contribution in [3.63, 3.8) is 0 Å². The molecule has 7 rings (SSSR count). The largest absolute Gasteiger partial charge is 0.350 e. The summed E-state index contributed by atoms with van der Waals surface area (Å²) in [7, 11) is 2.22. The number of hydrogen-bond acceptors (Lipinski definition) is 7. The van der Waals surface area contributed by atoms with E-state index in [4.69, 9.17) is 5.10 Å². The Labute approximate surface area is 228 Å². The number of pyridine rings is 1. The Bertz CT molecular complexity index is 1470. The highest BCUT2D eigenvalue weighted by atomic mass is 16.2. The van der Waals surface area contributed by atoms with Crippen molar-refractivity contribution in [2.24, 2.45) is 0 Å². The molecule has 0 spiro atoms. The molecule has 4 aromatic rings. The third-order valence-electron chi connectivity index (χ3n) is 8.93. The first-order chi connectivity index (χ1) is 19.1. The standard InChI is InChI=1S/C29H37N9O/c1-34-14-16-35(17-15-34)23-7-5-22(6-8-23)32-29-31-18-25-24(10-13-38(25)33-29)21-4-9-27-30-19-26(37(27)20-21)28(39)36-11-2-3-12-36/h4,9-10,13,18-20,22-23H,2-3,5-8,11-12,14-17H2,1H3,(H,32,33)/t22-,23-. The van der Waals surface area contributed by atoms with Gasteiger partial charge in [-0.25, -0.2) is 14.5 Å². The van der Waals surface area contributed by atoms with E-state index in [0.29, 0.717) is 23.7 Å². The molecule has 4 aromatic heterocycles. The Hall–Kier alpha value is -3.50. The molecule has 1 N–H and O–H groups in total. The summed E-state index contributed by atoms with van der Waals surface area (Å²) in [6.45, 7) is 6.39. The predicted octanol–water partition coefficient (Wildman–Crippen LogP) is 3.25. The maximum atomic E-state index is 13.1. The van der Waals surface area contributed by atoms with Crippen LogP contribution in [0.4, 0.5) is 5.95 Å². The van der Waals surface area contributed by atoms with Gasteiger partial charge in [-0.1, -0.05) is 0 Å². The van der Waals surface area contributed by atoms with Crippen LogP contribution in [-0.2, 0) is 0 Å². The summed E-state index contributed by atoms with van der Waals surface area (Å²) in [6, 6.07) is 7.21. The molecule has 0 bridgehead atoms. The minimum absolute atomic E-state index is 0.0514. The maximum absolute atomic E-state index is 13.1. The van der Waals surface area contributed by atoms with E-state index in [1.54, 1.807) is 6.20 Å². The number of piperazine rings is 1. The van der Waals surface area contributed by atoms with Crippen molar-refractivity contribution in [1.82, 2.24) is 38.7 Å². The number of aromatic nitrogens is 5. The van der Waals surface area contributed by atoms with Crippen molar-refractivity contribution >= 4 is 23.0 Å². The summed E-state index contributed by atoms with van der Waals surface area (Å²) in [5.41, 5.74) is 4.36. The first kappa shape index (κ1) is 24.5. The molecule has 2 saturated heterocycles. The Balaban J connectivity index is 1.05. The molecule has 10 heteroatoms. The highest BCUT2D eigenvalue weighted by Gasteiger charge is 2.28. The molecule has 1 saturated carbocycles. The average Bonchev–Trinajstić information content (AvgIpc) is 3.73. The molecule has 1 amide bonds. The Morgan fingerprint density at radius 2 is 1.72 bits per heavy atom. The number of imidazole rings is 1. The molecule has 3 aliphatic rings. The second kappa shape index (κ2) is 10.2. The smallest absolute Gasteiger partial charge is 0.272 e. The molecule has 0 atom stereocenters. The zero-order valence-electron chi connectivity index (χ0n) is 22.7. The number of fused-ring (bicyclic) bond motifs is 2. The van der Waals surface area contributed by atoms with E-state index in [2.05, 4.69) is 38.2 Å². The van der Waals surface area contributed by atoms with Gasteiger partial charge in [-0.2, -0.15) is 0 Å². The molecule has 1 aliphatic carbocycles. The summed E-state index contributed by atoms with van der Waals surface area (Å²) in [6.07, 6.45) is 14.5. The van der Waals surface area contributed by atoms with Crippen molar-refractivity contribution in [3.05, 3.63) is 48.7 Å². The van der Waals surface area contributed by atoms with Crippen LogP contribution >= 0.6 is 0 Å². The van der Waals surface area contributed by atoms with Gasteiger partial charge in [0.25, 0.3) is 5.91 Å². The average molecular weight is 528 g/mol. The van der Waals surface area contributed by atoms with Gasteiger partial charge >= 0.3 is 0 Å². The predicted molar refractivity (Wildman–Crippen MR) is 151 cm³/mol. The molecular formula is C29H37N9O. The summed E-state index contributed by atoms with van der Waals surface area (Å²) < 4.78 is 3.81. The van der Waals surface area contributed by atoms with Gasteiger partial charge in [0.05, 0.1) is 17.9 Å². The molecule has 204 valence electrons. The fraction of sp³-hybridized carbons (Fsp3) is 0.517. The van der Waals surface area contributed by atoms with Gasteiger partial charge in [0, 0.05) is 74.9 Å². The number of nitrogens with one attached hydrogen (secondary N) is 1. The van der Waals surface area contributed by atoms with Crippen LogP contribution in [-0.4, -0.2) is 103 Å². The van der Waals surface area contributed by atoms with Crippen LogP contribution in [0.3, 0.4) is 0 Å². The third-order valence-corrected chi connectivity index (χ3v) is 8.93. The molecular weight excluding hydrogens is 490 g/mol. The monoisotopic (exact) mass is 527 g/mol. The van der Waals surface area contributed by atoms with E-state index in [1.165, 1.54) is 39.0 Å². The van der Waals surface area contributed by atoms with Gasteiger partial charge in [0.15, 0.2) is 0 Å². The second-order valence-corrected chi connectivity index (χ2v) is 11.4. The number of rotatable bonds is 5.